The van der Waals surface area contributed by atoms with Crippen LogP contribution < -0.4 is 0 Å². The van der Waals surface area contributed by atoms with Gasteiger partial charge in [-0.2, -0.15) is 0 Å². The first-order valence-corrected chi connectivity index (χ1v) is 8.80. The van der Waals surface area contributed by atoms with Gasteiger partial charge in [-0.05, 0) is 58.2 Å². The van der Waals surface area contributed by atoms with E-state index < -0.39 is 5.60 Å². The Morgan fingerprint density at radius 3 is 2.57 bits per heavy atom. The summed E-state index contributed by atoms with van der Waals surface area (Å²) in [7, 11) is 0. The second-order valence-corrected chi connectivity index (χ2v) is 7.78. The zero-order chi connectivity index (χ0) is 17.0. The van der Waals surface area contributed by atoms with Crippen LogP contribution in [0.15, 0.2) is 22.7 Å². The Labute approximate surface area is 147 Å². The van der Waals surface area contributed by atoms with Crippen LogP contribution in [0.5, 0.6) is 0 Å². The van der Waals surface area contributed by atoms with Crippen LogP contribution in [0.4, 0.5) is 4.79 Å². The van der Waals surface area contributed by atoms with Crippen molar-refractivity contribution < 1.29 is 9.53 Å². The van der Waals surface area contributed by atoms with E-state index in [2.05, 4.69) is 34.7 Å². The second-order valence-electron chi connectivity index (χ2n) is 6.92. The van der Waals surface area contributed by atoms with Crippen molar-refractivity contribution in [3.63, 3.8) is 0 Å². The van der Waals surface area contributed by atoms with Crippen LogP contribution in [0, 0.1) is 24.7 Å². The number of halogens is 1. The molecule has 1 aromatic rings. The average molecular weight is 378 g/mol. The number of rotatable bonds is 0. The molecule has 1 fully saturated rings. The van der Waals surface area contributed by atoms with Gasteiger partial charge < -0.3 is 9.64 Å². The summed E-state index contributed by atoms with van der Waals surface area (Å²) in [5.41, 5.74) is 1.80. The Bertz CT molecular complexity index is 629. The quantitative estimate of drug-likeness (QED) is 0.610. The van der Waals surface area contributed by atoms with Crippen LogP contribution in [-0.4, -0.2) is 29.7 Å². The zero-order valence-corrected chi connectivity index (χ0v) is 15.9. The first kappa shape index (κ1) is 17.9. The van der Waals surface area contributed by atoms with Gasteiger partial charge in [-0.25, -0.2) is 4.79 Å². The molecule has 0 atom stereocenters. The summed E-state index contributed by atoms with van der Waals surface area (Å²) in [6.45, 7) is 9.17. The molecule has 1 amide bonds. The molecule has 0 saturated carbocycles. The summed E-state index contributed by atoms with van der Waals surface area (Å²) in [5.74, 6) is 7.00. The van der Waals surface area contributed by atoms with E-state index in [1.807, 2.05) is 39.0 Å². The molecule has 0 bridgehead atoms. The van der Waals surface area contributed by atoms with Gasteiger partial charge in [-0.15, -0.1) is 0 Å². The van der Waals surface area contributed by atoms with Gasteiger partial charge in [0.05, 0.1) is 0 Å². The Morgan fingerprint density at radius 2 is 1.96 bits per heavy atom. The number of hydrogen-bond donors (Lipinski definition) is 0. The van der Waals surface area contributed by atoms with Crippen molar-refractivity contribution in [1.29, 1.82) is 0 Å². The lowest BCUT2D eigenvalue weighted by molar-refractivity contribution is 0.0199. The number of benzene rings is 1. The van der Waals surface area contributed by atoms with Gasteiger partial charge >= 0.3 is 6.09 Å². The molecule has 4 heteroatoms. The predicted molar refractivity (Wildman–Crippen MR) is 96.3 cm³/mol. The van der Waals surface area contributed by atoms with Gasteiger partial charge in [0.2, 0.25) is 0 Å². The van der Waals surface area contributed by atoms with Crippen LogP contribution in [0.1, 0.15) is 44.7 Å². The van der Waals surface area contributed by atoms with E-state index in [0.717, 1.165) is 22.9 Å². The highest BCUT2D eigenvalue weighted by Gasteiger charge is 2.26. The summed E-state index contributed by atoms with van der Waals surface area (Å²) in [6.07, 6.45) is 1.59. The van der Waals surface area contributed by atoms with Gasteiger partial charge in [-0.1, -0.05) is 33.8 Å². The fourth-order valence-corrected chi connectivity index (χ4v) is 2.82. The molecule has 1 aliphatic rings. The van der Waals surface area contributed by atoms with Crippen molar-refractivity contribution in [1.82, 2.24) is 4.90 Å². The van der Waals surface area contributed by atoms with Crippen molar-refractivity contribution in [3.8, 4) is 11.8 Å². The summed E-state index contributed by atoms with van der Waals surface area (Å²) in [6, 6.07) is 6.08. The number of likely N-dealkylation sites (tertiary alicyclic amines) is 1. The summed E-state index contributed by atoms with van der Waals surface area (Å²) in [4.78, 5) is 13.8. The van der Waals surface area contributed by atoms with Gasteiger partial charge in [0.1, 0.15) is 5.60 Å². The van der Waals surface area contributed by atoms with Gasteiger partial charge in [0, 0.05) is 29.0 Å². The molecule has 124 valence electrons. The van der Waals surface area contributed by atoms with E-state index in [9.17, 15) is 4.79 Å². The summed E-state index contributed by atoms with van der Waals surface area (Å²) < 4.78 is 6.50. The highest BCUT2D eigenvalue weighted by Crippen LogP contribution is 2.21. The number of carbonyl (C=O) groups excluding carboxylic acids is 1. The van der Waals surface area contributed by atoms with Crippen molar-refractivity contribution in [2.45, 2.75) is 46.1 Å². The lowest BCUT2D eigenvalue weighted by Gasteiger charge is -2.31. The molecule has 2 rings (SSSR count). The molecule has 0 spiro atoms. The van der Waals surface area contributed by atoms with E-state index >= 15 is 0 Å². The second kappa shape index (κ2) is 7.40. The van der Waals surface area contributed by atoms with Crippen LogP contribution >= 0.6 is 15.9 Å². The molecule has 1 aromatic carbocycles. The van der Waals surface area contributed by atoms with E-state index in [4.69, 9.17) is 4.74 Å². The third-order valence-electron chi connectivity index (χ3n) is 3.83. The standard InChI is InChI=1S/C19H24BrNO2/c1-14-16(6-5-7-17(14)20)9-8-15-10-12-21(13-11-15)18(22)23-19(2,3)4/h5-7,15H,10-13H2,1-4H3. The third kappa shape index (κ3) is 5.28. The summed E-state index contributed by atoms with van der Waals surface area (Å²) >= 11 is 3.53. The fourth-order valence-electron chi connectivity index (χ4n) is 2.46. The molecular formula is C19H24BrNO2. The molecule has 0 radical (unpaired) electrons. The molecule has 0 N–H and O–H groups in total. The van der Waals surface area contributed by atoms with E-state index in [1.54, 1.807) is 4.90 Å². The minimum absolute atomic E-state index is 0.216. The molecule has 0 aromatic heterocycles. The minimum atomic E-state index is -0.439. The molecule has 1 heterocycles. The van der Waals surface area contributed by atoms with Crippen LogP contribution in [-0.2, 0) is 4.74 Å². The molecule has 1 aliphatic heterocycles. The number of hydrogen-bond acceptors (Lipinski definition) is 2. The SMILES string of the molecule is Cc1c(Br)cccc1C#CC1CCN(C(=O)OC(C)(C)C)CC1. The topological polar surface area (TPSA) is 29.5 Å². The van der Waals surface area contributed by atoms with Crippen molar-refractivity contribution in [2.75, 3.05) is 13.1 Å². The van der Waals surface area contributed by atoms with Crippen LogP contribution in [0.25, 0.3) is 0 Å². The Balaban J connectivity index is 1.92. The molecule has 3 nitrogen and oxygen atoms in total. The Kier molecular flexibility index (Phi) is 5.75. The maximum Gasteiger partial charge on any atom is 0.410 e. The van der Waals surface area contributed by atoms with Gasteiger partial charge in [-0.3, -0.25) is 0 Å². The van der Waals surface area contributed by atoms with E-state index in [-0.39, 0.29) is 6.09 Å². The number of piperidine rings is 1. The van der Waals surface area contributed by atoms with Gasteiger partial charge in [0.25, 0.3) is 0 Å². The zero-order valence-electron chi connectivity index (χ0n) is 14.3. The Morgan fingerprint density at radius 1 is 1.30 bits per heavy atom. The molecule has 1 saturated heterocycles. The smallest absolute Gasteiger partial charge is 0.410 e. The minimum Gasteiger partial charge on any atom is -0.444 e. The highest BCUT2D eigenvalue weighted by molar-refractivity contribution is 9.10. The normalized spacial score (nSPS) is 15.8. The maximum absolute atomic E-state index is 12.0. The largest absolute Gasteiger partial charge is 0.444 e. The van der Waals surface area contributed by atoms with Crippen molar-refractivity contribution in [3.05, 3.63) is 33.8 Å². The number of nitrogens with zero attached hydrogens (tertiary/aromatic N) is 1. The first-order valence-electron chi connectivity index (χ1n) is 8.01. The molecule has 0 unspecified atom stereocenters. The van der Waals surface area contributed by atoms with Crippen molar-refractivity contribution >= 4 is 22.0 Å². The Hall–Kier alpha value is -1.47. The number of amides is 1. The lowest BCUT2D eigenvalue weighted by atomic mass is 9.97. The first-order chi connectivity index (χ1) is 10.8. The lowest BCUT2D eigenvalue weighted by Crippen LogP contribution is -2.41. The van der Waals surface area contributed by atoms with Crippen molar-refractivity contribution in [2.24, 2.45) is 5.92 Å². The van der Waals surface area contributed by atoms with E-state index in [0.29, 0.717) is 19.0 Å². The number of ether oxygens (including phenoxy) is 1. The molecule has 23 heavy (non-hydrogen) atoms. The van der Waals surface area contributed by atoms with E-state index in [1.165, 1.54) is 5.56 Å². The fraction of sp³-hybridized carbons (Fsp3) is 0.526. The van der Waals surface area contributed by atoms with Crippen LogP contribution in [0.2, 0.25) is 0 Å². The monoisotopic (exact) mass is 377 g/mol. The third-order valence-corrected chi connectivity index (χ3v) is 4.68. The van der Waals surface area contributed by atoms with Crippen LogP contribution in [0.3, 0.4) is 0 Å². The molecular weight excluding hydrogens is 354 g/mol. The summed E-state index contributed by atoms with van der Waals surface area (Å²) in [5, 5.41) is 0. The number of carbonyl (C=O) groups is 1. The van der Waals surface area contributed by atoms with Gasteiger partial charge in [0.15, 0.2) is 0 Å². The molecule has 0 aliphatic carbocycles. The maximum atomic E-state index is 12.0. The average Bonchev–Trinajstić information content (AvgIpc) is 2.47. The highest BCUT2D eigenvalue weighted by atomic mass is 79.9. The predicted octanol–water partition coefficient (Wildman–Crippen LogP) is 4.76.